The van der Waals surface area contributed by atoms with Crippen LogP contribution in [0.2, 0.25) is 0 Å². The number of rotatable bonds is 6. The summed E-state index contributed by atoms with van der Waals surface area (Å²) in [6, 6.07) is 11.9. The molecule has 25 heavy (non-hydrogen) atoms. The van der Waals surface area contributed by atoms with Gasteiger partial charge in [0.2, 0.25) is 11.8 Å². The van der Waals surface area contributed by atoms with Gasteiger partial charge in [0.25, 0.3) is 0 Å². The van der Waals surface area contributed by atoms with Gasteiger partial charge in [-0.05, 0) is 18.9 Å². The lowest BCUT2D eigenvalue weighted by molar-refractivity contribution is -0.135. The largest absolute Gasteiger partial charge is 0.361 e. The van der Waals surface area contributed by atoms with Crippen molar-refractivity contribution in [1.82, 2.24) is 15.0 Å². The van der Waals surface area contributed by atoms with Crippen LogP contribution < -0.4 is 0 Å². The molecule has 0 aliphatic carbocycles. The monoisotopic (exact) mass is 341 g/mol. The predicted octanol–water partition coefficient (Wildman–Crippen LogP) is 2.03. The molecule has 0 bridgehead atoms. The zero-order chi connectivity index (χ0) is 17.8. The van der Waals surface area contributed by atoms with E-state index in [0.717, 1.165) is 17.9 Å². The Hall–Kier alpha value is -2.63. The summed E-state index contributed by atoms with van der Waals surface area (Å²) in [6.07, 6.45) is 1.09. The van der Waals surface area contributed by atoms with E-state index in [9.17, 15) is 9.59 Å². The first-order valence-corrected chi connectivity index (χ1v) is 8.52. The van der Waals surface area contributed by atoms with Crippen molar-refractivity contribution in [2.75, 3.05) is 20.1 Å². The van der Waals surface area contributed by atoms with Gasteiger partial charge in [0.15, 0.2) is 0 Å². The maximum Gasteiger partial charge on any atom is 0.228 e. The quantitative estimate of drug-likeness (QED) is 0.806. The Kier molecular flexibility index (Phi) is 5.16. The van der Waals surface area contributed by atoms with Gasteiger partial charge < -0.3 is 14.3 Å². The van der Waals surface area contributed by atoms with Crippen LogP contribution in [0.5, 0.6) is 0 Å². The van der Waals surface area contributed by atoms with Crippen molar-refractivity contribution >= 4 is 11.8 Å². The third kappa shape index (κ3) is 4.26. The van der Waals surface area contributed by atoms with E-state index in [1.165, 1.54) is 5.56 Å². The second-order valence-corrected chi connectivity index (χ2v) is 6.60. The summed E-state index contributed by atoms with van der Waals surface area (Å²) < 4.78 is 5.03. The lowest BCUT2D eigenvalue weighted by Crippen LogP contribution is -2.34. The van der Waals surface area contributed by atoms with E-state index >= 15 is 0 Å². The molecule has 2 aromatic rings. The highest BCUT2D eigenvalue weighted by atomic mass is 16.5. The molecule has 1 aliphatic rings. The van der Waals surface area contributed by atoms with Crippen LogP contribution in [0.25, 0.3) is 0 Å². The second kappa shape index (κ2) is 7.51. The molecule has 2 heterocycles. The molecule has 1 aromatic carbocycles. The van der Waals surface area contributed by atoms with Gasteiger partial charge in [0, 0.05) is 32.6 Å². The zero-order valence-corrected chi connectivity index (χ0v) is 14.6. The van der Waals surface area contributed by atoms with E-state index in [4.69, 9.17) is 4.52 Å². The average Bonchev–Trinajstić information content (AvgIpc) is 3.18. The molecule has 0 N–H and O–H groups in total. The van der Waals surface area contributed by atoms with Crippen LogP contribution in [0.4, 0.5) is 0 Å². The summed E-state index contributed by atoms with van der Waals surface area (Å²) in [5.41, 5.74) is 1.92. The first-order valence-electron chi connectivity index (χ1n) is 8.52. The Balaban J connectivity index is 1.53. The summed E-state index contributed by atoms with van der Waals surface area (Å²) in [5, 5.41) is 3.91. The van der Waals surface area contributed by atoms with E-state index in [1.807, 2.05) is 31.2 Å². The van der Waals surface area contributed by atoms with Gasteiger partial charge in [-0.1, -0.05) is 35.5 Å². The van der Waals surface area contributed by atoms with Gasteiger partial charge in [-0.25, -0.2) is 0 Å². The van der Waals surface area contributed by atoms with Crippen LogP contribution in [0.15, 0.2) is 40.9 Å². The topological polar surface area (TPSA) is 66.7 Å². The van der Waals surface area contributed by atoms with Gasteiger partial charge in [0.1, 0.15) is 11.5 Å². The van der Waals surface area contributed by atoms with E-state index in [0.29, 0.717) is 19.6 Å². The Morgan fingerprint density at radius 1 is 1.36 bits per heavy atom. The van der Waals surface area contributed by atoms with Gasteiger partial charge in [0.05, 0.1) is 12.5 Å². The summed E-state index contributed by atoms with van der Waals surface area (Å²) in [7, 11) is 1.74. The standard InChI is InChI=1S/C19H23N3O3/c1-14-10-17(20-25-14)13-21(2)19(24)16-11-18(23)22(12-16)9-8-15-6-4-3-5-7-15/h3-7,10,16H,8-9,11-13H2,1-2H3. The van der Waals surface area contributed by atoms with Crippen LogP contribution in [0, 0.1) is 12.8 Å². The van der Waals surface area contributed by atoms with Crippen molar-refractivity contribution in [2.45, 2.75) is 26.3 Å². The van der Waals surface area contributed by atoms with E-state index in [2.05, 4.69) is 17.3 Å². The molecule has 132 valence electrons. The third-order valence-electron chi connectivity index (χ3n) is 4.53. The van der Waals surface area contributed by atoms with Gasteiger partial charge in [-0.2, -0.15) is 0 Å². The lowest BCUT2D eigenvalue weighted by Gasteiger charge is -2.20. The number of hydrogen-bond donors (Lipinski definition) is 0. The van der Waals surface area contributed by atoms with Crippen molar-refractivity contribution < 1.29 is 14.1 Å². The Morgan fingerprint density at radius 2 is 2.12 bits per heavy atom. The number of carbonyl (C=O) groups is 2. The molecule has 1 fully saturated rings. The molecule has 1 unspecified atom stereocenters. The molecular formula is C19H23N3O3. The summed E-state index contributed by atoms with van der Waals surface area (Å²) in [5.74, 6) is 0.483. The maximum absolute atomic E-state index is 12.6. The minimum atomic E-state index is -0.277. The van der Waals surface area contributed by atoms with Crippen LogP contribution >= 0.6 is 0 Å². The summed E-state index contributed by atoms with van der Waals surface area (Å²) >= 11 is 0. The zero-order valence-electron chi connectivity index (χ0n) is 14.6. The smallest absolute Gasteiger partial charge is 0.228 e. The first kappa shape index (κ1) is 17.2. The van der Waals surface area contributed by atoms with E-state index < -0.39 is 0 Å². The molecule has 1 atom stereocenters. The average molecular weight is 341 g/mol. The molecule has 1 aromatic heterocycles. The van der Waals surface area contributed by atoms with Crippen LogP contribution in [0.1, 0.15) is 23.4 Å². The van der Waals surface area contributed by atoms with Crippen molar-refractivity contribution in [2.24, 2.45) is 5.92 Å². The van der Waals surface area contributed by atoms with Crippen molar-refractivity contribution in [3.05, 3.63) is 53.4 Å². The van der Waals surface area contributed by atoms with Gasteiger partial charge in [-0.15, -0.1) is 0 Å². The number of aromatic nitrogens is 1. The molecule has 0 radical (unpaired) electrons. The van der Waals surface area contributed by atoms with E-state index in [1.54, 1.807) is 16.8 Å². The number of benzene rings is 1. The highest BCUT2D eigenvalue weighted by Crippen LogP contribution is 2.21. The molecule has 6 nitrogen and oxygen atoms in total. The number of likely N-dealkylation sites (tertiary alicyclic amines) is 1. The number of carbonyl (C=O) groups excluding carboxylic acids is 2. The Bertz CT molecular complexity index is 741. The maximum atomic E-state index is 12.6. The minimum Gasteiger partial charge on any atom is -0.361 e. The van der Waals surface area contributed by atoms with Crippen LogP contribution in [-0.4, -0.2) is 46.9 Å². The van der Waals surface area contributed by atoms with Crippen molar-refractivity contribution in [1.29, 1.82) is 0 Å². The normalized spacial score (nSPS) is 17.1. The minimum absolute atomic E-state index is 0.0174. The molecule has 0 saturated carbocycles. The molecule has 2 amide bonds. The number of nitrogens with zero attached hydrogens (tertiary/aromatic N) is 3. The Morgan fingerprint density at radius 3 is 2.80 bits per heavy atom. The van der Waals surface area contributed by atoms with Crippen molar-refractivity contribution in [3.63, 3.8) is 0 Å². The number of hydrogen-bond acceptors (Lipinski definition) is 4. The summed E-state index contributed by atoms with van der Waals surface area (Å²) in [4.78, 5) is 28.2. The fraction of sp³-hybridized carbons (Fsp3) is 0.421. The van der Waals surface area contributed by atoms with Gasteiger partial charge >= 0.3 is 0 Å². The second-order valence-electron chi connectivity index (χ2n) is 6.60. The fourth-order valence-corrected chi connectivity index (χ4v) is 3.19. The first-order chi connectivity index (χ1) is 12.0. The molecule has 6 heteroatoms. The van der Waals surface area contributed by atoms with Crippen molar-refractivity contribution in [3.8, 4) is 0 Å². The predicted molar refractivity (Wildman–Crippen MR) is 92.5 cm³/mol. The highest BCUT2D eigenvalue weighted by molar-refractivity contribution is 5.89. The van der Waals surface area contributed by atoms with E-state index in [-0.39, 0.29) is 24.2 Å². The van der Waals surface area contributed by atoms with Gasteiger partial charge in [-0.3, -0.25) is 9.59 Å². The van der Waals surface area contributed by atoms with Crippen LogP contribution in [0.3, 0.4) is 0 Å². The van der Waals surface area contributed by atoms with Crippen LogP contribution in [-0.2, 0) is 22.6 Å². The Labute approximate surface area is 147 Å². The third-order valence-corrected chi connectivity index (χ3v) is 4.53. The SMILES string of the molecule is Cc1cc(CN(C)C(=O)C2CC(=O)N(CCc3ccccc3)C2)no1. The number of amides is 2. The summed E-state index contributed by atoms with van der Waals surface area (Å²) in [6.45, 7) is 3.36. The molecule has 1 saturated heterocycles. The lowest BCUT2D eigenvalue weighted by atomic mass is 10.1. The molecule has 3 rings (SSSR count). The number of aryl methyl sites for hydroxylation is 1. The molecule has 0 spiro atoms. The molecule has 1 aliphatic heterocycles. The fourth-order valence-electron chi connectivity index (χ4n) is 3.19. The molecular weight excluding hydrogens is 318 g/mol. The highest BCUT2D eigenvalue weighted by Gasteiger charge is 2.35.